The van der Waals surface area contributed by atoms with E-state index in [0.717, 1.165) is 31.9 Å². The molecule has 0 saturated carbocycles. The summed E-state index contributed by atoms with van der Waals surface area (Å²) in [7, 11) is 0. The smallest absolute Gasteiger partial charge is 0.213 e. The number of ether oxygens (including phenoxy) is 1. The fourth-order valence-corrected chi connectivity index (χ4v) is 1.90. The molecule has 1 heterocycles. The van der Waals surface area contributed by atoms with Gasteiger partial charge in [0, 0.05) is 19.2 Å². The summed E-state index contributed by atoms with van der Waals surface area (Å²) in [5, 5.41) is 3.89. The van der Waals surface area contributed by atoms with Crippen molar-refractivity contribution in [3.8, 4) is 5.88 Å². The molecule has 5 heteroatoms. The summed E-state index contributed by atoms with van der Waals surface area (Å²) in [6.45, 7) is 11.6. The van der Waals surface area contributed by atoms with E-state index in [4.69, 9.17) is 16.3 Å². The van der Waals surface area contributed by atoms with Crippen LogP contribution >= 0.6 is 11.6 Å². The molecule has 0 fully saturated rings. The van der Waals surface area contributed by atoms with Crippen molar-refractivity contribution in [3.63, 3.8) is 0 Å². The quantitative estimate of drug-likeness (QED) is 0.757. The van der Waals surface area contributed by atoms with Crippen LogP contribution in [0.5, 0.6) is 5.88 Å². The summed E-state index contributed by atoms with van der Waals surface area (Å²) in [6.07, 6.45) is 0. The van der Waals surface area contributed by atoms with Gasteiger partial charge in [0.1, 0.15) is 6.61 Å². The third-order valence-electron chi connectivity index (χ3n) is 2.99. The number of aromatic nitrogens is 1. The van der Waals surface area contributed by atoms with Gasteiger partial charge in [-0.3, -0.25) is 0 Å². The van der Waals surface area contributed by atoms with E-state index in [1.165, 1.54) is 0 Å². The van der Waals surface area contributed by atoms with Gasteiger partial charge in [-0.1, -0.05) is 32.4 Å². The third-order valence-corrected chi connectivity index (χ3v) is 3.33. The summed E-state index contributed by atoms with van der Waals surface area (Å²) < 4.78 is 5.68. The first kappa shape index (κ1) is 16.2. The molecule has 0 bridgehead atoms. The molecule has 0 atom stereocenters. The third kappa shape index (κ3) is 5.76. The van der Waals surface area contributed by atoms with E-state index in [-0.39, 0.29) is 0 Å². The Morgan fingerprint density at radius 1 is 1.26 bits per heavy atom. The Labute approximate surface area is 121 Å². The summed E-state index contributed by atoms with van der Waals surface area (Å²) in [5.41, 5.74) is 0.837. The predicted octanol–water partition coefficient (Wildman–Crippen LogP) is 2.57. The van der Waals surface area contributed by atoms with Crippen LogP contribution in [0.1, 0.15) is 26.5 Å². The van der Waals surface area contributed by atoms with Crippen LogP contribution in [0, 0.1) is 0 Å². The molecule has 1 rings (SSSR count). The number of pyridine rings is 1. The highest BCUT2D eigenvalue weighted by Gasteiger charge is 2.05. The van der Waals surface area contributed by atoms with Gasteiger partial charge in [0.25, 0.3) is 0 Å². The van der Waals surface area contributed by atoms with Gasteiger partial charge in [-0.25, -0.2) is 4.98 Å². The minimum absolute atomic E-state index is 0.643. The van der Waals surface area contributed by atoms with Crippen LogP contribution in [-0.2, 0) is 6.54 Å². The van der Waals surface area contributed by atoms with Crippen molar-refractivity contribution in [3.05, 3.63) is 22.8 Å². The average Bonchev–Trinajstić information content (AvgIpc) is 2.44. The molecule has 0 unspecified atom stereocenters. The average molecular weight is 286 g/mol. The molecule has 0 amide bonds. The molecule has 1 aromatic rings. The van der Waals surface area contributed by atoms with Crippen molar-refractivity contribution >= 4 is 11.6 Å². The van der Waals surface area contributed by atoms with E-state index in [0.29, 0.717) is 24.1 Å². The number of hydrogen-bond acceptors (Lipinski definition) is 4. The Morgan fingerprint density at radius 2 is 2.00 bits per heavy atom. The van der Waals surface area contributed by atoms with Gasteiger partial charge < -0.3 is 15.0 Å². The molecule has 1 aromatic heterocycles. The predicted molar refractivity (Wildman–Crippen MR) is 79.9 cm³/mol. The molecule has 0 aliphatic heterocycles. The molecule has 0 saturated heterocycles. The van der Waals surface area contributed by atoms with Crippen molar-refractivity contribution in [2.24, 2.45) is 0 Å². The molecule has 0 aliphatic rings. The summed E-state index contributed by atoms with van der Waals surface area (Å²) in [6, 6.07) is 3.66. The Balaban J connectivity index is 2.49. The molecular formula is C14H24ClN3O. The molecule has 0 spiro atoms. The molecule has 19 heavy (non-hydrogen) atoms. The van der Waals surface area contributed by atoms with Gasteiger partial charge >= 0.3 is 0 Å². The number of rotatable bonds is 9. The van der Waals surface area contributed by atoms with Gasteiger partial charge in [0.2, 0.25) is 5.88 Å². The topological polar surface area (TPSA) is 37.4 Å². The Morgan fingerprint density at radius 3 is 2.63 bits per heavy atom. The normalized spacial score (nSPS) is 11.0. The van der Waals surface area contributed by atoms with Crippen LogP contribution in [0.2, 0.25) is 5.02 Å². The lowest BCUT2D eigenvalue weighted by Crippen LogP contribution is -2.28. The van der Waals surface area contributed by atoms with Crippen LogP contribution in [0.25, 0.3) is 0 Å². The lowest BCUT2D eigenvalue weighted by atomic mass is 10.3. The van der Waals surface area contributed by atoms with Crippen LogP contribution in [0.15, 0.2) is 12.1 Å². The van der Waals surface area contributed by atoms with Crippen molar-refractivity contribution in [1.29, 1.82) is 0 Å². The van der Waals surface area contributed by atoms with Gasteiger partial charge in [0.15, 0.2) is 0 Å². The standard InChI is InChI=1S/C14H24ClN3O/c1-4-16-11-13-12(15)7-8-14(17-13)19-10-9-18(5-2)6-3/h7-8,16H,4-6,9-11H2,1-3H3. The fraction of sp³-hybridized carbons (Fsp3) is 0.643. The zero-order chi connectivity index (χ0) is 14.1. The maximum absolute atomic E-state index is 6.10. The maximum atomic E-state index is 6.10. The Hall–Kier alpha value is -0.840. The van der Waals surface area contributed by atoms with Crippen molar-refractivity contribution in [2.45, 2.75) is 27.3 Å². The van der Waals surface area contributed by atoms with Gasteiger partial charge in [-0.15, -0.1) is 0 Å². The van der Waals surface area contributed by atoms with E-state index in [1.807, 2.05) is 12.1 Å². The minimum atomic E-state index is 0.643. The second-order valence-electron chi connectivity index (χ2n) is 4.23. The zero-order valence-electron chi connectivity index (χ0n) is 12.1. The fourth-order valence-electron chi connectivity index (χ4n) is 1.73. The minimum Gasteiger partial charge on any atom is -0.476 e. The number of nitrogens with one attached hydrogen (secondary N) is 1. The molecule has 0 aliphatic carbocycles. The lowest BCUT2D eigenvalue weighted by Gasteiger charge is -2.17. The maximum Gasteiger partial charge on any atom is 0.213 e. The summed E-state index contributed by atoms with van der Waals surface area (Å²) in [4.78, 5) is 6.74. The number of halogens is 1. The second kappa shape index (κ2) is 9.13. The lowest BCUT2D eigenvalue weighted by molar-refractivity contribution is 0.217. The Bertz CT molecular complexity index is 370. The van der Waals surface area contributed by atoms with Crippen molar-refractivity contribution in [1.82, 2.24) is 15.2 Å². The monoisotopic (exact) mass is 285 g/mol. The van der Waals surface area contributed by atoms with Gasteiger partial charge in [-0.05, 0) is 25.7 Å². The highest BCUT2D eigenvalue weighted by molar-refractivity contribution is 6.31. The highest BCUT2D eigenvalue weighted by atomic mass is 35.5. The van der Waals surface area contributed by atoms with Crippen LogP contribution < -0.4 is 10.1 Å². The van der Waals surface area contributed by atoms with Crippen LogP contribution in [0.3, 0.4) is 0 Å². The van der Waals surface area contributed by atoms with E-state index < -0.39 is 0 Å². The second-order valence-corrected chi connectivity index (χ2v) is 4.64. The van der Waals surface area contributed by atoms with E-state index in [2.05, 4.69) is 36.0 Å². The Kier molecular flexibility index (Phi) is 7.79. The highest BCUT2D eigenvalue weighted by Crippen LogP contribution is 2.17. The van der Waals surface area contributed by atoms with Gasteiger partial charge in [-0.2, -0.15) is 0 Å². The van der Waals surface area contributed by atoms with E-state index >= 15 is 0 Å². The molecule has 108 valence electrons. The summed E-state index contributed by atoms with van der Waals surface area (Å²) >= 11 is 6.10. The zero-order valence-corrected chi connectivity index (χ0v) is 12.8. The molecule has 1 N–H and O–H groups in total. The van der Waals surface area contributed by atoms with Crippen molar-refractivity contribution < 1.29 is 4.74 Å². The number of nitrogens with zero attached hydrogens (tertiary/aromatic N) is 2. The molecule has 4 nitrogen and oxygen atoms in total. The largest absolute Gasteiger partial charge is 0.476 e. The van der Waals surface area contributed by atoms with Gasteiger partial charge in [0.05, 0.1) is 10.7 Å². The number of hydrogen-bond donors (Lipinski definition) is 1. The molecule has 0 radical (unpaired) electrons. The first-order chi connectivity index (χ1) is 9.21. The first-order valence-corrected chi connectivity index (χ1v) is 7.30. The van der Waals surface area contributed by atoms with Crippen LogP contribution in [0.4, 0.5) is 0 Å². The van der Waals surface area contributed by atoms with E-state index in [9.17, 15) is 0 Å². The van der Waals surface area contributed by atoms with Crippen molar-refractivity contribution in [2.75, 3.05) is 32.8 Å². The number of likely N-dealkylation sites (N-methyl/N-ethyl adjacent to an activating group) is 1. The molecular weight excluding hydrogens is 262 g/mol. The van der Waals surface area contributed by atoms with Crippen LogP contribution in [-0.4, -0.2) is 42.7 Å². The summed E-state index contributed by atoms with van der Waals surface area (Å²) in [5.74, 6) is 0.643. The molecule has 0 aromatic carbocycles. The SMILES string of the molecule is CCNCc1nc(OCCN(CC)CC)ccc1Cl. The van der Waals surface area contributed by atoms with E-state index in [1.54, 1.807) is 0 Å². The first-order valence-electron chi connectivity index (χ1n) is 6.92.